The lowest BCUT2D eigenvalue weighted by atomic mass is 10.1. The van der Waals surface area contributed by atoms with Gasteiger partial charge in [0.2, 0.25) is 0 Å². The number of benzene rings is 1. The molecule has 1 aromatic rings. The molecule has 0 atom stereocenters. The fraction of sp³-hybridized carbons (Fsp3) is 0.538. The smallest absolute Gasteiger partial charge is 0.292 e. The SMILES string of the molecule is CCNc1c(CN2CCOCC2)cccc1[N+](=O)[O-]. The van der Waals surface area contributed by atoms with Gasteiger partial charge in [0.25, 0.3) is 5.69 Å². The van der Waals surface area contributed by atoms with Crippen LogP contribution < -0.4 is 5.32 Å². The summed E-state index contributed by atoms with van der Waals surface area (Å²) < 4.78 is 5.31. The van der Waals surface area contributed by atoms with E-state index in [4.69, 9.17) is 4.74 Å². The molecule has 0 bridgehead atoms. The number of hydrogen-bond donors (Lipinski definition) is 1. The maximum atomic E-state index is 11.1. The van der Waals surface area contributed by atoms with Crippen LogP contribution in [-0.2, 0) is 11.3 Å². The Kier molecular flexibility index (Phi) is 4.70. The van der Waals surface area contributed by atoms with Gasteiger partial charge in [-0.3, -0.25) is 15.0 Å². The molecular weight excluding hydrogens is 246 g/mol. The van der Waals surface area contributed by atoms with Gasteiger partial charge in [-0.15, -0.1) is 0 Å². The van der Waals surface area contributed by atoms with Gasteiger partial charge in [0.1, 0.15) is 5.69 Å². The zero-order valence-electron chi connectivity index (χ0n) is 11.1. The van der Waals surface area contributed by atoms with E-state index in [-0.39, 0.29) is 10.6 Å². The first-order chi connectivity index (χ1) is 9.22. The highest BCUT2D eigenvalue weighted by molar-refractivity contribution is 5.66. The number of nitrogens with one attached hydrogen (secondary N) is 1. The van der Waals surface area contributed by atoms with E-state index in [1.807, 2.05) is 13.0 Å². The van der Waals surface area contributed by atoms with Crippen molar-refractivity contribution in [2.45, 2.75) is 13.5 Å². The van der Waals surface area contributed by atoms with Gasteiger partial charge in [0.05, 0.1) is 18.1 Å². The number of nitro groups is 1. The number of anilines is 1. The minimum atomic E-state index is -0.333. The summed E-state index contributed by atoms with van der Waals surface area (Å²) in [6, 6.07) is 5.23. The average molecular weight is 265 g/mol. The summed E-state index contributed by atoms with van der Waals surface area (Å²) >= 11 is 0. The first kappa shape index (κ1) is 13.8. The van der Waals surface area contributed by atoms with Crippen LogP contribution >= 0.6 is 0 Å². The van der Waals surface area contributed by atoms with Crippen molar-refractivity contribution in [1.82, 2.24) is 4.90 Å². The van der Waals surface area contributed by atoms with Gasteiger partial charge in [0, 0.05) is 32.2 Å². The molecule has 1 heterocycles. The molecule has 0 aliphatic carbocycles. The van der Waals surface area contributed by atoms with Crippen molar-refractivity contribution in [3.63, 3.8) is 0 Å². The van der Waals surface area contributed by atoms with Crippen LogP contribution in [0, 0.1) is 10.1 Å². The predicted octanol–water partition coefficient (Wildman–Crippen LogP) is 1.86. The highest BCUT2D eigenvalue weighted by Gasteiger charge is 2.19. The largest absolute Gasteiger partial charge is 0.380 e. The zero-order chi connectivity index (χ0) is 13.7. The Hall–Kier alpha value is -1.66. The number of nitrogens with zero attached hydrogens (tertiary/aromatic N) is 2. The molecule has 1 N–H and O–H groups in total. The number of nitro benzene ring substituents is 1. The number of para-hydroxylation sites is 1. The molecule has 1 saturated heterocycles. The number of hydrogen-bond acceptors (Lipinski definition) is 5. The van der Waals surface area contributed by atoms with Crippen molar-refractivity contribution in [2.75, 3.05) is 38.2 Å². The molecule has 6 nitrogen and oxygen atoms in total. The Labute approximate surface area is 112 Å². The van der Waals surface area contributed by atoms with Gasteiger partial charge in [-0.05, 0) is 12.5 Å². The molecule has 19 heavy (non-hydrogen) atoms. The lowest BCUT2D eigenvalue weighted by molar-refractivity contribution is -0.384. The van der Waals surface area contributed by atoms with Gasteiger partial charge in [-0.2, -0.15) is 0 Å². The summed E-state index contributed by atoms with van der Waals surface area (Å²) in [4.78, 5) is 13.0. The first-order valence-electron chi connectivity index (χ1n) is 6.52. The second-order valence-electron chi connectivity index (χ2n) is 4.49. The van der Waals surface area contributed by atoms with E-state index < -0.39 is 0 Å². The fourth-order valence-electron chi connectivity index (χ4n) is 2.25. The van der Waals surface area contributed by atoms with Crippen LogP contribution in [0.15, 0.2) is 18.2 Å². The van der Waals surface area contributed by atoms with Crippen molar-refractivity contribution in [3.8, 4) is 0 Å². The summed E-state index contributed by atoms with van der Waals surface area (Å²) in [5.74, 6) is 0. The van der Waals surface area contributed by atoms with Crippen molar-refractivity contribution < 1.29 is 9.66 Å². The molecule has 0 radical (unpaired) electrons. The van der Waals surface area contributed by atoms with E-state index in [0.717, 1.165) is 31.9 Å². The molecule has 1 aromatic carbocycles. The van der Waals surface area contributed by atoms with Gasteiger partial charge >= 0.3 is 0 Å². The standard InChI is InChI=1S/C13H19N3O3/c1-2-14-13-11(4-3-5-12(13)16(17)18)10-15-6-8-19-9-7-15/h3-5,14H,2,6-10H2,1H3. The summed E-state index contributed by atoms with van der Waals surface area (Å²) in [5, 5.41) is 14.2. The van der Waals surface area contributed by atoms with Crippen LogP contribution in [0.3, 0.4) is 0 Å². The molecular formula is C13H19N3O3. The van der Waals surface area contributed by atoms with Crippen molar-refractivity contribution in [3.05, 3.63) is 33.9 Å². The molecule has 0 aromatic heterocycles. The van der Waals surface area contributed by atoms with E-state index in [0.29, 0.717) is 18.8 Å². The van der Waals surface area contributed by atoms with E-state index in [9.17, 15) is 10.1 Å². The van der Waals surface area contributed by atoms with Crippen molar-refractivity contribution >= 4 is 11.4 Å². The highest BCUT2D eigenvalue weighted by Crippen LogP contribution is 2.29. The lowest BCUT2D eigenvalue weighted by Gasteiger charge is -2.27. The maximum absolute atomic E-state index is 11.1. The first-order valence-corrected chi connectivity index (χ1v) is 6.52. The number of ether oxygens (including phenoxy) is 1. The molecule has 1 aliphatic heterocycles. The van der Waals surface area contributed by atoms with Crippen LogP contribution in [-0.4, -0.2) is 42.7 Å². The molecule has 0 unspecified atom stereocenters. The molecule has 1 fully saturated rings. The Morgan fingerprint density at radius 2 is 2.16 bits per heavy atom. The number of morpholine rings is 1. The van der Waals surface area contributed by atoms with Crippen molar-refractivity contribution in [1.29, 1.82) is 0 Å². The van der Waals surface area contributed by atoms with Crippen LogP contribution in [0.4, 0.5) is 11.4 Å². The van der Waals surface area contributed by atoms with E-state index in [1.54, 1.807) is 12.1 Å². The van der Waals surface area contributed by atoms with Gasteiger partial charge in [-0.1, -0.05) is 12.1 Å². The van der Waals surface area contributed by atoms with E-state index in [1.165, 1.54) is 0 Å². The monoisotopic (exact) mass is 265 g/mol. The topological polar surface area (TPSA) is 67.6 Å². The van der Waals surface area contributed by atoms with Gasteiger partial charge < -0.3 is 10.1 Å². The quantitative estimate of drug-likeness (QED) is 0.650. The normalized spacial score (nSPS) is 16.3. The van der Waals surface area contributed by atoms with E-state index >= 15 is 0 Å². The lowest BCUT2D eigenvalue weighted by Crippen LogP contribution is -2.35. The number of rotatable bonds is 5. The molecule has 0 amide bonds. The predicted molar refractivity (Wildman–Crippen MR) is 73.4 cm³/mol. The second-order valence-corrected chi connectivity index (χ2v) is 4.49. The summed E-state index contributed by atoms with van der Waals surface area (Å²) in [5.41, 5.74) is 1.76. The Morgan fingerprint density at radius 3 is 2.79 bits per heavy atom. The van der Waals surface area contributed by atoms with Gasteiger partial charge in [-0.25, -0.2) is 0 Å². The third-order valence-electron chi connectivity index (χ3n) is 3.18. The highest BCUT2D eigenvalue weighted by atomic mass is 16.6. The molecule has 2 rings (SSSR count). The second kappa shape index (κ2) is 6.49. The van der Waals surface area contributed by atoms with E-state index in [2.05, 4.69) is 10.2 Å². The summed E-state index contributed by atoms with van der Waals surface area (Å²) in [7, 11) is 0. The average Bonchev–Trinajstić information content (AvgIpc) is 2.42. The third kappa shape index (κ3) is 3.42. The van der Waals surface area contributed by atoms with Crippen LogP contribution in [0.25, 0.3) is 0 Å². The molecule has 6 heteroatoms. The van der Waals surface area contributed by atoms with Gasteiger partial charge in [0.15, 0.2) is 0 Å². The Bertz CT molecular complexity index is 445. The summed E-state index contributed by atoms with van der Waals surface area (Å²) in [6.45, 7) is 6.52. The third-order valence-corrected chi connectivity index (χ3v) is 3.18. The zero-order valence-corrected chi connectivity index (χ0v) is 11.1. The molecule has 0 spiro atoms. The molecule has 104 valence electrons. The minimum Gasteiger partial charge on any atom is -0.380 e. The fourth-order valence-corrected chi connectivity index (χ4v) is 2.25. The van der Waals surface area contributed by atoms with Crippen LogP contribution in [0.2, 0.25) is 0 Å². The minimum absolute atomic E-state index is 0.146. The Balaban J connectivity index is 2.22. The Morgan fingerprint density at radius 1 is 1.42 bits per heavy atom. The summed E-state index contributed by atoms with van der Waals surface area (Å²) in [6.07, 6.45) is 0. The molecule has 0 saturated carbocycles. The maximum Gasteiger partial charge on any atom is 0.292 e. The van der Waals surface area contributed by atoms with Crippen LogP contribution in [0.5, 0.6) is 0 Å². The molecule has 1 aliphatic rings. The van der Waals surface area contributed by atoms with Crippen LogP contribution in [0.1, 0.15) is 12.5 Å². The van der Waals surface area contributed by atoms with Crippen molar-refractivity contribution in [2.24, 2.45) is 0 Å².